The van der Waals surface area contributed by atoms with Crippen molar-refractivity contribution in [3.05, 3.63) is 29.3 Å². The highest BCUT2D eigenvalue weighted by atomic mass is 19.1. The fourth-order valence-electron chi connectivity index (χ4n) is 5.50. The van der Waals surface area contributed by atoms with Crippen LogP contribution in [0.3, 0.4) is 0 Å². The molecule has 0 spiro atoms. The topological polar surface area (TPSA) is 55.8 Å². The fourth-order valence-corrected chi connectivity index (χ4v) is 5.50. The highest BCUT2D eigenvalue weighted by molar-refractivity contribution is 5.72. The molecule has 1 aliphatic heterocycles. The first-order valence-corrected chi connectivity index (χ1v) is 10.1. The van der Waals surface area contributed by atoms with Gasteiger partial charge >= 0.3 is 5.97 Å². The minimum Gasteiger partial charge on any atom is -0.477 e. The summed E-state index contributed by atoms with van der Waals surface area (Å²) in [5, 5.41) is 9.59. The van der Waals surface area contributed by atoms with Crippen LogP contribution >= 0.6 is 0 Å². The lowest BCUT2D eigenvalue weighted by atomic mass is 9.62. The van der Waals surface area contributed by atoms with Gasteiger partial charge in [-0.1, -0.05) is 38.5 Å². The maximum Gasteiger partial charge on any atom is 0.373 e. The van der Waals surface area contributed by atoms with E-state index in [1.165, 1.54) is 0 Å². The van der Waals surface area contributed by atoms with Gasteiger partial charge in [0.2, 0.25) is 0 Å². The molecular weight excluding hydrogens is 354 g/mol. The van der Waals surface area contributed by atoms with E-state index in [-0.39, 0.29) is 23.1 Å². The number of hydrogen-bond acceptors (Lipinski definition) is 3. The number of ether oxygens (including phenoxy) is 2. The van der Waals surface area contributed by atoms with Crippen molar-refractivity contribution < 1.29 is 28.2 Å². The molecule has 0 aromatic heterocycles. The lowest BCUT2D eigenvalue weighted by Gasteiger charge is -2.52. The number of carboxylic acid groups (broad SMARTS) is 1. The minimum atomic E-state index is -1.54. The first kappa shape index (κ1) is 18.7. The van der Waals surface area contributed by atoms with E-state index in [1.807, 2.05) is 0 Å². The first-order valence-electron chi connectivity index (χ1n) is 10.1. The normalized spacial score (nSPS) is 26.2. The van der Waals surface area contributed by atoms with Crippen molar-refractivity contribution in [3.8, 4) is 5.75 Å². The molecule has 4 nitrogen and oxygen atoms in total. The van der Waals surface area contributed by atoms with Crippen molar-refractivity contribution in [1.29, 1.82) is 0 Å². The Hall–Kier alpha value is -1.69. The Balaban J connectivity index is 1.90. The second-order valence-electron chi connectivity index (χ2n) is 8.13. The Morgan fingerprint density at radius 2 is 1.52 bits per heavy atom. The Morgan fingerprint density at radius 3 is 2.04 bits per heavy atom. The predicted molar refractivity (Wildman–Crippen MR) is 94.3 cm³/mol. The van der Waals surface area contributed by atoms with E-state index in [0.717, 1.165) is 76.3 Å². The van der Waals surface area contributed by atoms with Crippen molar-refractivity contribution in [3.63, 3.8) is 0 Å². The molecule has 27 heavy (non-hydrogen) atoms. The molecule has 0 saturated heterocycles. The zero-order valence-electron chi connectivity index (χ0n) is 15.4. The van der Waals surface area contributed by atoms with Crippen LogP contribution in [0, 0.1) is 23.5 Å². The van der Waals surface area contributed by atoms with Crippen LogP contribution in [-0.4, -0.2) is 17.4 Å². The van der Waals surface area contributed by atoms with E-state index in [9.17, 15) is 14.3 Å². The molecule has 3 aliphatic rings. The third-order valence-electron chi connectivity index (χ3n) is 6.57. The second-order valence-corrected chi connectivity index (χ2v) is 8.13. The van der Waals surface area contributed by atoms with Gasteiger partial charge in [-0.2, -0.15) is 0 Å². The van der Waals surface area contributed by atoms with Gasteiger partial charge in [0.15, 0.2) is 0 Å². The molecule has 1 N–H and O–H groups in total. The lowest BCUT2D eigenvalue weighted by molar-refractivity contribution is -0.253. The van der Waals surface area contributed by atoms with Gasteiger partial charge in [-0.05, 0) is 37.5 Å². The molecule has 2 fully saturated rings. The van der Waals surface area contributed by atoms with Crippen LogP contribution in [0.25, 0.3) is 0 Å². The molecule has 1 atom stereocenters. The molecule has 6 heteroatoms. The highest BCUT2D eigenvalue weighted by Crippen LogP contribution is 2.56. The molecule has 0 radical (unpaired) electrons. The molecule has 2 saturated carbocycles. The molecule has 1 aromatic rings. The number of hydrogen-bond donors (Lipinski definition) is 1. The number of carboxylic acids is 1. The molecule has 1 heterocycles. The summed E-state index contributed by atoms with van der Waals surface area (Å²) in [6, 6.07) is 1.98. The van der Waals surface area contributed by atoms with Crippen molar-refractivity contribution in [2.45, 2.75) is 76.1 Å². The summed E-state index contributed by atoms with van der Waals surface area (Å²) >= 11 is 0. The van der Waals surface area contributed by atoms with Gasteiger partial charge in [0.05, 0.1) is 5.56 Å². The van der Waals surface area contributed by atoms with Crippen LogP contribution < -0.4 is 4.74 Å². The summed E-state index contributed by atoms with van der Waals surface area (Å²) in [4.78, 5) is 11.7. The third kappa shape index (κ3) is 3.22. The van der Waals surface area contributed by atoms with E-state index in [1.54, 1.807) is 0 Å². The zero-order valence-corrected chi connectivity index (χ0v) is 15.4. The van der Waals surface area contributed by atoms with Crippen LogP contribution in [0.4, 0.5) is 8.78 Å². The van der Waals surface area contributed by atoms with Crippen LogP contribution in [0.2, 0.25) is 0 Å². The second kappa shape index (κ2) is 7.38. The van der Waals surface area contributed by atoms with Crippen LogP contribution in [0.1, 0.15) is 69.8 Å². The molecular formula is C21H26F2O4. The quantitative estimate of drug-likeness (QED) is 0.789. The van der Waals surface area contributed by atoms with Gasteiger partial charge in [-0.25, -0.2) is 13.6 Å². The summed E-state index contributed by atoms with van der Waals surface area (Å²) in [5.41, 5.74) is -0.824. The monoisotopic (exact) mass is 380 g/mol. The number of rotatable bonds is 3. The standard InChI is InChI=1S/C21H26F2O4/c22-15-11-16(23)18-17(12-15)26-20(19(24)25)27-21(18,13-7-3-1-4-8-13)14-9-5-2-6-10-14/h11-14,20H,1-10H2,(H,24,25). The smallest absolute Gasteiger partial charge is 0.373 e. The average Bonchev–Trinajstić information content (AvgIpc) is 2.68. The van der Waals surface area contributed by atoms with E-state index < -0.39 is 29.5 Å². The largest absolute Gasteiger partial charge is 0.477 e. The fraction of sp³-hybridized carbons (Fsp3) is 0.667. The molecule has 148 valence electrons. The summed E-state index contributed by atoms with van der Waals surface area (Å²) in [7, 11) is 0. The molecule has 0 amide bonds. The lowest BCUT2D eigenvalue weighted by Crippen LogP contribution is -2.54. The van der Waals surface area contributed by atoms with Crippen molar-refractivity contribution in [2.75, 3.05) is 0 Å². The summed E-state index contributed by atoms with van der Waals surface area (Å²) in [6.45, 7) is 0. The summed E-state index contributed by atoms with van der Waals surface area (Å²) in [5.74, 6) is -2.70. The van der Waals surface area contributed by atoms with E-state index in [2.05, 4.69) is 0 Å². The number of aliphatic carboxylic acids is 1. The van der Waals surface area contributed by atoms with Gasteiger partial charge in [0.1, 0.15) is 23.0 Å². The van der Waals surface area contributed by atoms with Crippen molar-refractivity contribution in [1.82, 2.24) is 0 Å². The van der Waals surface area contributed by atoms with Crippen molar-refractivity contribution in [2.24, 2.45) is 11.8 Å². The summed E-state index contributed by atoms with van der Waals surface area (Å²) in [6.07, 6.45) is 8.19. The molecule has 4 rings (SSSR count). The summed E-state index contributed by atoms with van der Waals surface area (Å²) < 4.78 is 40.6. The van der Waals surface area contributed by atoms with E-state index in [4.69, 9.17) is 9.47 Å². The van der Waals surface area contributed by atoms with Gasteiger partial charge in [-0.15, -0.1) is 0 Å². The molecule has 2 aliphatic carbocycles. The van der Waals surface area contributed by atoms with Gasteiger partial charge in [0, 0.05) is 12.1 Å². The SMILES string of the molecule is O=C(O)C1Oc2cc(F)cc(F)c2C(C2CCCCC2)(C2CCCCC2)O1. The zero-order chi connectivity index (χ0) is 19.0. The third-order valence-corrected chi connectivity index (χ3v) is 6.57. The maximum absolute atomic E-state index is 15.1. The predicted octanol–water partition coefficient (Wildman–Crippen LogP) is 5.14. The Bertz CT molecular complexity index is 690. The van der Waals surface area contributed by atoms with Gasteiger partial charge in [0.25, 0.3) is 6.29 Å². The number of halogens is 2. The van der Waals surface area contributed by atoms with Gasteiger partial charge < -0.3 is 14.6 Å². The Kier molecular flexibility index (Phi) is 5.10. The van der Waals surface area contributed by atoms with Gasteiger partial charge in [-0.3, -0.25) is 0 Å². The van der Waals surface area contributed by atoms with Crippen molar-refractivity contribution >= 4 is 5.97 Å². The minimum absolute atomic E-state index is 0.0118. The molecule has 1 unspecified atom stereocenters. The van der Waals surface area contributed by atoms with E-state index in [0.29, 0.717) is 0 Å². The number of benzene rings is 1. The van der Waals surface area contributed by atoms with Crippen LogP contribution in [-0.2, 0) is 15.1 Å². The maximum atomic E-state index is 15.1. The van der Waals surface area contributed by atoms with E-state index >= 15 is 4.39 Å². The average molecular weight is 380 g/mol. The molecule has 1 aromatic carbocycles. The number of fused-ring (bicyclic) bond motifs is 1. The molecule has 0 bridgehead atoms. The first-order chi connectivity index (χ1) is 13.0. The Labute approximate surface area is 157 Å². The van der Waals surface area contributed by atoms with Crippen LogP contribution in [0.5, 0.6) is 5.75 Å². The van der Waals surface area contributed by atoms with Crippen LogP contribution in [0.15, 0.2) is 12.1 Å². The Morgan fingerprint density at radius 1 is 0.963 bits per heavy atom. The highest BCUT2D eigenvalue weighted by Gasteiger charge is 2.56. The number of carbonyl (C=O) groups is 1.